The highest BCUT2D eigenvalue weighted by Crippen LogP contribution is 2.38. The summed E-state index contributed by atoms with van der Waals surface area (Å²) in [6.45, 7) is 4.46. The molecule has 0 unspecified atom stereocenters. The highest BCUT2D eigenvalue weighted by molar-refractivity contribution is 5.65. The van der Waals surface area contributed by atoms with Crippen molar-refractivity contribution in [3.05, 3.63) is 94.8 Å². The monoisotopic (exact) mass is 428 g/mol. The van der Waals surface area contributed by atoms with Gasteiger partial charge in [0.15, 0.2) is 0 Å². The largest absolute Gasteiger partial charge is 0.206 e. The molecule has 0 nitrogen and oxygen atoms in total. The van der Waals surface area contributed by atoms with Crippen molar-refractivity contribution in [1.82, 2.24) is 0 Å². The number of halogens is 1. The summed E-state index contributed by atoms with van der Waals surface area (Å²) in [6.07, 6.45) is 10.8. The van der Waals surface area contributed by atoms with Crippen LogP contribution in [0.1, 0.15) is 80.5 Å². The average Bonchev–Trinajstić information content (AvgIpc) is 2.84. The topological polar surface area (TPSA) is 0 Å². The molecule has 168 valence electrons. The summed E-state index contributed by atoms with van der Waals surface area (Å²) in [5, 5.41) is 0. The van der Waals surface area contributed by atoms with Crippen LogP contribution in [0.25, 0.3) is 11.1 Å². The molecule has 0 amide bonds. The van der Waals surface area contributed by atoms with E-state index in [9.17, 15) is 0 Å². The fourth-order valence-corrected chi connectivity index (χ4v) is 5.29. The second kappa shape index (κ2) is 10.9. The van der Waals surface area contributed by atoms with Crippen molar-refractivity contribution in [3.63, 3.8) is 0 Å². The van der Waals surface area contributed by atoms with E-state index in [-0.39, 0.29) is 5.82 Å². The lowest BCUT2D eigenvalue weighted by atomic mass is 9.77. The Morgan fingerprint density at radius 1 is 0.719 bits per heavy atom. The summed E-state index contributed by atoms with van der Waals surface area (Å²) in [5.74, 6) is 1.33. The summed E-state index contributed by atoms with van der Waals surface area (Å²) in [5.41, 5.74) is 6.93. The van der Waals surface area contributed by atoms with E-state index < -0.39 is 0 Å². The third-order valence-electron chi connectivity index (χ3n) is 7.41. The molecule has 1 heteroatoms. The molecule has 1 fully saturated rings. The molecule has 0 radical (unpaired) electrons. The van der Waals surface area contributed by atoms with Crippen LogP contribution >= 0.6 is 0 Å². The number of hydrogen-bond acceptors (Lipinski definition) is 0. The predicted molar refractivity (Wildman–Crippen MR) is 135 cm³/mol. The summed E-state index contributed by atoms with van der Waals surface area (Å²) in [7, 11) is 0. The molecule has 0 atom stereocenters. The second-order valence-corrected chi connectivity index (χ2v) is 9.61. The Labute approximate surface area is 193 Å². The van der Waals surface area contributed by atoms with Crippen molar-refractivity contribution in [2.75, 3.05) is 0 Å². The molecule has 0 aliphatic heterocycles. The van der Waals surface area contributed by atoms with E-state index in [0.29, 0.717) is 5.92 Å². The van der Waals surface area contributed by atoms with Crippen molar-refractivity contribution in [2.24, 2.45) is 5.92 Å². The minimum Gasteiger partial charge on any atom is -0.206 e. The summed E-state index contributed by atoms with van der Waals surface area (Å²) in [4.78, 5) is 0. The van der Waals surface area contributed by atoms with E-state index in [1.807, 2.05) is 6.07 Å². The third kappa shape index (κ3) is 5.68. The van der Waals surface area contributed by atoms with Crippen molar-refractivity contribution >= 4 is 0 Å². The minimum absolute atomic E-state index is 0.0815. The molecule has 3 aromatic rings. The van der Waals surface area contributed by atoms with Gasteiger partial charge in [0.25, 0.3) is 0 Å². The molecular formula is C31H37F. The smallest absolute Gasteiger partial charge is 0.131 e. The van der Waals surface area contributed by atoms with Crippen molar-refractivity contribution in [3.8, 4) is 11.1 Å². The van der Waals surface area contributed by atoms with E-state index in [1.54, 1.807) is 6.07 Å². The van der Waals surface area contributed by atoms with Gasteiger partial charge in [0.2, 0.25) is 0 Å². The number of hydrogen-bond donors (Lipinski definition) is 0. The van der Waals surface area contributed by atoms with Crippen LogP contribution in [0.3, 0.4) is 0 Å². The van der Waals surface area contributed by atoms with Crippen molar-refractivity contribution in [1.29, 1.82) is 0 Å². The zero-order valence-corrected chi connectivity index (χ0v) is 19.7. The predicted octanol–water partition coefficient (Wildman–Crippen LogP) is 8.91. The minimum atomic E-state index is -0.0815. The summed E-state index contributed by atoms with van der Waals surface area (Å²) >= 11 is 0. The molecule has 1 aliphatic rings. The molecule has 0 N–H and O–H groups in total. The highest BCUT2D eigenvalue weighted by Gasteiger charge is 2.22. The van der Waals surface area contributed by atoms with Crippen molar-refractivity contribution < 1.29 is 4.39 Å². The van der Waals surface area contributed by atoms with Crippen LogP contribution in [-0.2, 0) is 19.3 Å². The first-order valence-electron chi connectivity index (χ1n) is 12.6. The SMILES string of the molecule is CCC[C@H]1CC[C@H](c2ccc(-c3ccc(CCc4ccc(CC)cc4)cc3)c(F)c2)CC1. The maximum atomic E-state index is 15.0. The van der Waals surface area contributed by atoms with Gasteiger partial charge in [0, 0.05) is 5.56 Å². The average molecular weight is 429 g/mol. The molecule has 1 saturated carbocycles. The first-order chi connectivity index (χ1) is 15.7. The third-order valence-corrected chi connectivity index (χ3v) is 7.41. The Morgan fingerprint density at radius 2 is 1.31 bits per heavy atom. The van der Waals surface area contributed by atoms with Crippen LogP contribution in [0.15, 0.2) is 66.7 Å². The fraction of sp³-hybridized carbons (Fsp3) is 0.419. The summed E-state index contributed by atoms with van der Waals surface area (Å²) in [6, 6.07) is 23.3. The van der Waals surface area contributed by atoms with Gasteiger partial charge in [0.05, 0.1) is 0 Å². The normalized spacial score (nSPS) is 18.6. The highest BCUT2D eigenvalue weighted by atomic mass is 19.1. The Hall–Kier alpha value is -2.41. The quantitative estimate of drug-likeness (QED) is 0.336. The van der Waals surface area contributed by atoms with Crippen LogP contribution in [0, 0.1) is 11.7 Å². The van der Waals surface area contributed by atoms with Crippen LogP contribution in [0.4, 0.5) is 4.39 Å². The Bertz CT molecular complexity index is 976. The maximum Gasteiger partial charge on any atom is 0.131 e. The van der Waals surface area contributed by atoms with Crippen LogP contribution in [0.2, 0.25) is 0 Å². The van der Waals surface area contributed by atoms with Gasteiger partial charge in [-0.25, -0.2) is 4.39 Å². The molecule has 32 heavy (non-hydrogen) atoms. The molecule has 0 spiro atoms. The number of rotatable bonds is 8. The standard InChI is InChI=1S/C31H37F/c1-3-5-24-12-16-27(17-13-24)29-20-21-30(31(32)22-29)28-18-14-26(15-19-28)11-10-25-8-6-23(4-2)7-9-25/h6-9,14-15,18-22,24,27H,3-5,10-13,16-17H2,1-2H3/t24-,27-. The lowest BCUT2D eigenvalue weighted by molar-refractivity contribution is 0.308. The molecule has 0 bridgehead atoms. The first kappa shape index (κ1) is 22.8. The lowest BCUT2D eigenvalue weighted by Gasteiger charge is -2.28. The number of benzene rings is 3. The Kier molecular flexibility index (Phi) is 7.79. The molecule has 0 aromatic heterocycles. The molecule has 0 saturated heterocycles. The van der Waals surface area contributed by atoms with Gasteiger partial charge < -0.3 is 0 Å². The zero-order valence-electron chi connectivity index (χ0n) is 19.7. The maximum absolute atomic E-state index is 15.0. The fourth-order valence-electron chi connectivity index (χ4n) is 5.29. The van der Waals surface area contributed by atoms with Gasteiger partial charge in [0.1, 0.15) is 5.82 Å². The lowest BCUT2D eigenvalue weighted by Crippen LogP contribution is -2.13. The van der Waals surface area contributed by atoms with Gasteiger partial charge in [-0.05, 0) is 90.7 Å². The Balaban J connectivity index is 1.37. The van der Waals surface area contributed by atoms with E-state index in [1.165, 1.54) is 60.8 Å². The number of aryl methyl sites for hydroxylation is 3. The van der Waals surface area contributed by atoms with E-state index in [0.717, 1.165) is 36.3 Å². The van der Waals surface area contributed by atoms with Gasteiger partial charge in [-0.1, -0.05) is 87.4 Å². The second-order valence-electron chi connectivity index (χ2n) is 9.61. The zero-order chi connectivity index (χ0) is 22.3. The molecular weight excluding hydrogens is 391 g/mol. The molecule has 1 aliphatic carbocycles. The van der Waals surface area contributed by atoms with Gasteiger partial charge in [-0.15, -0.1) is 0 Å². The van der Waals surface area contributed by atoms with Crippen LogP contribution in [0.5, 0.6) is 0 Å². The van der Waals surface area contributed by atoms with Gasteiger partial charge >= 0.3 is 0 Å². The molecule has 3 aromatic carbocycles. The van der Waals surface area contributed by atoms with E-state index in [2.05, 4.69) is 68.4 Å². The van der Waals surface area contributed by atoms with Gasteiger partial charge in [-0.2, -0.15) is 0 Å². The summed E-state index contributed by atoms with van der Waals surface area (Å²) < 4.78 is 15.0. The first-order valence-corrected chi connectivity index (χ1v) is 12.6. The van der Waals surface area contributed by atoms with E-state index in [4.69, 9.17) is 0 Å². The van der Waals surface area contributed by atoms with Crippen LogP contribution in [-0.4, -0.2) is 0 Å². The van der Waals surface area contributed by atoms with E-state index >= 15 is 4.39 Å². The van der Waals surface area contributed by atoms with Crippen molar-refractivity contribution in [2.45, 2.75) is 77.6 Å². The van der Waals surface area contributed by atoms with Gasteiger partial charge in [-0.3, -0.25) is 0 Å². The van der Waals surface area contributed by atoms with Crippen LogP contribution < -0.4 is 0 Å². The molecule has 0 heterocycles. The Morgan fingerprint density at radius 3 is 1.88 bits per heavy atom. The molecule has 4 rings (SSSR count).